The number of aromatic carboxylic acids is 1. The van der Waals surface area contributed by atoms with Crippen LogP contribution in [0, 0.1) is 38.2 Å². The predicted molar refractivity (Wildman–Crippen MR) is 347 cm³/mol. The van der Waals surface area contributed by atoms with Gasteiger partial charge in [-0.1, -0.05) is 0 Å². The van der Waals surface area contributed by atoms with E-state index in [1.807, 2.05) is 27.7 Å². The smallest absolute Gasteiger partial charge is 0.356 e. The highest BCUT2D eigenvalue weighted by atomic mass is 32.1. The topological polar surface area (TPSA) is 368 Å². The van der Waals surface area contributed by atoms with Crippen LogP contribution in [0.5, 0.6) is 0 Å². The number of aryl methyl sites for hydroxylation is 3. The first kappa shape index (κ1) is 68.7. The molecule has 94 heavy (non-hydrogen) atoms. The second-order valence-electron chi connectivity index (χ2n) is 22.3. The Labute approximate surface area is 548 Å². The third kappa shape index (κ3) is 18.1. The number of carbonyl (C=O) groups is 6. The van der Waals surface area contributed by atoms with Crippen molar-refractivity contribution in [2.75, 3.05) is 55.2 Å². The maximum absolute atomic E-state index is 13.5. The minimum Gasteiger partial charge on any atom is -0.476 e. The molecule has 0 aliphatic carbocycles. The molecule has 9 aromatic heterocycles. The first-order valence-electron chi connectivity index (χ1n) is 29.7. The second-order valence-corrected chi connectivity index (χ2v) is 25.9. The van der Waals surface area contributed by atoms with Gasteiger partial charge in [0.2, 0.25) is 35.6 Å². The molecule has 8 N–H and O–H groups in total. The van der Waals surface area contributed by atoms with Crippen LogP contribution in [-0.4, -0.2) is 168 Å². The number of carboxylic acid groups (broad SMARTS) is 1. The summed E-state index contributed by atoms with van der Waals surface area (Å²) in [5.74, 6) is -2.50. The summed E-state index contributed by atoms with van der Waals surface area (Å²) >= 11 is 3.95. The fraction of sp³-hybridized carbons (Fsp3) is 0.400. The number of carbonyl (C=O) groups excluding carboxylic acids is 5. The van der Waals surface area contributed by atoms with Gasteiger partial charge in [0.05, 0.1) is 51.7 Å². The van der Waals surface area contributed by atoms with E-state index in [9.17, 15) is 47.0 Å². The molecule has 0 bridgehead atoms. The molecule has 494 valence electrons. The van der Waals surface area contributed by atoms with Crippen LogP contribution < -0.4 is 37.2 Å². The number of amides is 5. The number of halogens is 3. The van der Waals surface area contributed by atoms with Gasteiger partial charge in [-0.15, -0.1) is 34.0 Å². The minimum absolute atomic E-state index is 0.0694. The van der Waals surface area contributed by atoms with E-state index in [-0.39, 0.29) is 94.7 Å². The van der Waals surface area contributed by atoms with E-state index < -0.39 is 23.4 Å². The molecular formula is C60H68F3N21O7S3. The molecule has 0 aromatic carbocycles. The van der Waals surface area contributed by atoms with E-state index in [0.29, 0.717) is 97.8 Å². The third-order valence-corrected chi connectivity index (χ3v) is 17.5. The van der Waals surface area contributed by atoms with Crippen LogP contribution in [0.2, 0.25) is 0 Å². The Hall–Kier alpha value is -9.67. The Bertz CT molecular complexity index is 4090. The van der Waals surface area contributed by atoms with E-state index in [2.05, 4.69) is 97.0 Å². The Morgan fingerprint density at radius 2 is 0.840 bits per heavy atom. The van der Waals surface area contributed by atoms with E-state index in [1.165, 1.54) is 72.3 Å². The minimum atomic E-state index is -1.15. The van der Waals surface area contributed by atoms with E-state index in [4.69, 9.17) is 0 Å². The normalized spacial score (nSPS) is 16.7. The third-order valence-electron chi connectivity index (χ3n) is 14.6. The summed E-state index contributed by atoms with van der Waals surface area (Å²) in [6, 6.07) is 3.33. The summed E-state index contributed by atoms with van der Waals surface area (Å²) in [4.78, 5) is 125. The van der Waals surface area contributed by atoms with Crippen LogP contribution >= 0.6 is 34.0 Å². The van der Waals surface area contributed by atoms with Crippen molar-refractivity contribution in [3.05, 3.63) is 122 Å². The monoisotopic (exact) mass is 1350 g/mol. The van der Waals surface area contributed by atoms with Gasteiger partial charge in [-0.25, -0.2) is 47.9 Å². The van der Waals surface area contributed by atoms with Crippen LogP contribution in [0.15, 0.2) is 55.4 Å². The summed E-state index contributed by atoms with van der Waals surface area (Å²) in [6.07, 6.45) is 10.5. The van der Waals surface area contributed by atoms with Gasteiger partial charge >= 0.3 is 5.97 Å². The van der Waals surface area contributed by atoms with Crippen LogP contribution in [0.1, 0.15) is 142 Å². The summed E-state index contributed by atoms with van der Waals surface area (Å²) in [5.41, 5.74) is 3.49. The fourth-order valence-corrected chi connectivity index (χ4v) is 12.8. The summed E-state index contributed by atoms with van der Waals surface area (Å²) < 4.78 is 42.0. The number of carboxylic acids is 1. The van der Waals surface area contributed by atoms with Crippen LogP contribution in [0.4, 0.5) is 31.0 Å². The summed E-state index contributed by atoms with van der Waals surface area (Å²) in [7, 11) is 0. The first-order chi connectivity index (χ1) is 44.8. The summed E-state index contributed by atoms with van der Waals surface area (Å²) in [6.45, 7) is 19.2. The number of rotatable bonds is 15. The lowest BCUT2D eigenvalue weighted by Crippen LogP contribution is -2.37. The first-order valence-corrected chi connectivity index (χ1v) is 32.2. The lowest BCUT2D eigenvalue weighted by molar-refractivity contribution is -0.120. The van der Waals surface area contributed by atoms with Gasteiger partial charge in [0, 0.05) is 90.2 Å². The van der Waals surface area contributed by atoms with Crippen LogP contribution in [-0.2, 0) is 14.4 Å². The predicted octanol–water partition coefficient (Wildman–Crippen LogP) is 7.19. The number of nitrogens with zero attached hydrogens (tertiary/aromatic N) is 14. The molecule has 12 heterocycles. The van der Waals surface area contributed by atoms with Gasteiger partial charge in [-0.05, 0) is 102 Å². The van der Waals surface area contributed by atoms with E-state index in [1.54, 1.807) is 43.0 Å². The average Bonchev–Trinajstić information content (AvgIpc) is 1.60. The SMILES string of the molecule is CC(=O)N[C@@H]1CCN(C(=O)c2nc(N[C@@H](C)c3cncc(F)c3)nc3nc(C)sc23)C1.CC(=O)N[C@@H]1CCN(C(=O)c2nc(N[C@@H](C)c3cncc(F)c3)nc3nc(C)sc23)C1.CC(=O)N[C@@H]1CCNC1.Cc1nc2nc(N[C@@H](C)c3cncc(F)c3)nc(C(=O)O)c2s1. The van der Waals surface area contributed by atoms with Crippen molar-refractivity contribution in [1.82, 2.24) is 90.9 Å². The molecule has 0 radical (unpaired) electrons. The van der Waals surface area contributed by atoms with E-state index in [0.717, 1.165) is 48.1 Å². The fourth-order valence-electron chi connectivity index (χ4n) is 10.3. The molecule has 0 saturated carbocycles. The number of fused-ring (bicyclic) bond motifs is 3. The highest BCUT2D eigenvalue weighted by Crippen LogP contribution is 2.31. The van der Waals surface area contributed by atoms with Gasteiger partial charge in [0.25, 0.3) is 11.8 Å². The maximum Gasteiger partial charge on any atom is 0.356 e. The van der Waals surface area contributed by atoms with Crippen LogP contribution in [0.3, 0.4) is 0 Å². The van der Waals surface area contributed by atoms with Crippen molar-refractivity contribution in [2.45, 2.75) is 118 Å². The van der Waals surface area contributed by atoms with Crippen molar-refractivity contribution < 1.29 is 47.0 Å². The lowest BCUT2D eigenvalue weighted by Gasteiger charge is -2.18. The zero-order chi connectivity index (χ0) is 67.5. The van der Waals surface area contributed by atoms with E-state index >= 15 is 0 Å². The molecule has 0 spiro atoms. The number of thiazole rings is 3. The molecular weight excluding hydrogens is 1280 g/mol. The number of anilines is 3. The number of aromatic nitrogens is 12. The van der Waals surface area contributed by atoms with Crippen molar-refractivity contribution in [2.24, 2.45) is 0 Å². The van der Waals surface area contributed by atoms with Gasteiger partial charge < -0.3 is 52.1 Å². The van der Waals surface area contributed by atoms with Crippen molar-refractivity contribution >= 4 is 118 Å². The molecule has 3 aliphatic rings. The number of nitrogens with one attached hydrogen (secondary N) is 7. The standard InChI is InChI=1S/2C20H22FN7O2S.C14H12FN5O2S.C6H12N2O/c2*1-10(13-6-14(21)8-22-7-13)23-20-26-16(17-18(27-20)25-12(3)31-17)19(30)28-5-4-15(9-28)24-11(2)29;1-6(8-3-9(15)5-16-4-8)17-14-19-10(13(21)22)11-12(20-14)18-7(2)23-11;1-5(9)8-6-2-3-7-4-6/h2*6-8,10,15H,4-5,9H2,1-3H3,(H,24,29)(H,23,26,27);3-6H,1-2H3,(H,21,22)(H,17,19,20);6-7H,2-4H2,1H3,(H,8,9)/t2*10-,15+;2*6-/m0001/s1. The molecule has 3 saturated heterocycles. The van der Waals surface area contributed by atoms with Crippen molar-refractivity contribution in [3.8, 4) is 0 Å². The number of likely N-dealkylation sites (tertiary alicyclic amines) is 2. The summed E-state index contributed by atoms with van der Waals surface area (Å²) in [5, 5.41) is 32.5. The molecule has 3 aliphatic heterocycles. The zero-order valence-corrected chi connectivity index (χ0v) is 55.0. The Balaban J connectivity index is 0.000000157. The molecule has 12 rings (SSSR count). The van der Waals surface area contributed by atoms with Gasteiger partial charge in [0.1, 0.15) is 31.6 Å². The Morgan fingerprint density at radius 1 is 0.500 bits per heavy atom. The maximum atomic E-state index is 13.5. The van der Waals surface area contributed by atoms with Crippen molar-refractivity contribution in [3.63, 3.8) is 0 Å². The average molecular weight is 1350 g/mol. The number of hydrogen-bond donors (Lipinski definition) is 8. The molecule has 9 aromatic rings. The number of pyridine rings is 3. The van der Waals surface area contributed by atoms with Crippen LogP contribution in [0.25, 0.3) is 31.0 Å². The quantitative estimate of drug-likeness (QED) is 0.0503. The molecule has 0 unspecified atom stereocenters. The largest absolute Gasteiger partial charge is 0.476 e. The Kier molecular flexibility index (Phi) is 22.5. The van der Waals surface area contributed by atoms with Gasteiger partial charge in [-0.3, -0.25) is 38.9 Å². The van der Waals surface area contributed by atoms with Gasteiger partial charge in [0.15, 0.2) is 34.0 Å². The molecule has 5 amide bonds. The van der Waals surface area contributed by atoms with Crippen molar-refractivity contribution in [1.29, 1.82) is 0 Å². The highest BCUT2D eigenvalue weighted by Gasteiger charge is 2.33. The lowest BCUT2D eigenvalue weighted by atomic mass is 10.1. The second kappa shape index (κ2) is 30.8. The molecule has 28 nitrogen and oxygen atoms in total. The molecule has 3 fully saturated rings. The Morgan fingerprint density at radius 3 is 1.16 bits per heavy atom. The number of hydrogen-bond acceptors (Lipinski definition) is 25. The molecule has 6 atom stereocenters. The molecule has 34 heteroatoms. The highest BCUT2D eigenvalue weighted by molar-refractivity contribution is 7.19. The van der Waals surface area contributed by atoms with Gasteiger partial charge in [-0.2, -0.15) is 15.0 Å². The zero-order valence-electron chi connectivity index (χ0n) is 52.5.